The first-order valence-electron chi connectivity index (χ1n) is 9.99. The van der Waals surface area contributed by atoms with Crippen LogP contribution in [0.4, 0.5) is 5.69 Å². The Morgan fingerprint density at radius 3 is 2.38 bits per heavy atom. The van der Waals surface area contributed by atoms with Crippen molar-refractivity contribution in [2.45, 2.75) is 72.6 Å². The lowest BCUT2D eigenvalue weighted by atomic mass is 9.96. The summed E-state index contributed by atoms with van der Waals surface area (Å²) in [4.78, 5) is 17.9. The van der Waals surface area contributed by atoms with Crippen LogP contribution in [0.5, 0.6) is 0 Å². The average Bonchev–Trinajstić information content (AvgIpc) is 2.64. The molecule has 2 aromatic rings. The Labute approximate surface area is 158 Å². The van der Waals surface area contributed by atoms with E-state index in [1.165, 1.54) is 0 Å². The minimum Gasteiger partial charge on any atom is -0.322 e. The largest absolute Gasteiger partial charge is 0.322 e. The number of pyridine rings is 1. The van der Waals surface area contributed by atoms with Crippen LogP contribution in [0.25, 0.3) is 0 Å². The lowest BCUT2D eigenvalue weighted by Crippen LogP contribution is -2.19. The van der Waals surface area contributed by atoms with E-state index in [1.807, 2.05) is 25.1 Å². The third-order valence-electron chi connectivity index (χ3n) is 4.74. The first-order chi connectivity index (χ1) is 12.6. The highest BCUT2D eigenvalue weighted by atomic mass is 16.1. The summed E-state index contributed by atoms with van der Waals surface area (Å²) >= 11 is 0. The maximum atomic E-state index is 13.2. The second kappa shape index (κ2) is 10.1. The number of nitrogens with zero attached hydrogens (tertiary/aromatic N) is 1. The summed E-state index contributed by atoms with van der Waals surface area (Å²) in [5.41, 5.74) is 5.95. The first-order valence-corrected chi connectivity index (χ1v) is 9.99. The summed E-state index contributed by atoms with van der Waals surface area (Å²) in [5, 5.41) is 3.15. The molecule has 0 fully saturated rings. The monoisotopic (exact) mass is 352 g/mol. The van der Waals surface area contributed by atoms with E-state index in [-0.39, 0.29) is 5.91 Å². The number of amides is 1. The zero-order chi connectivity index (χ0) is 18.9. The second-order valence-electron chi connectivity index (χ2n) is 6.92. The lowest BCUT2D eigenvalue weighted by Gasteiger charge is -2.16. The van der Waals surface area contributed by atoms with Gasteiger partial charge >= 0.3 is 0 Å². The number of carbonyl (C=O) groups is 1. The average molecular weight is 353 g/mol. The number of nitrogens with one attached hydrogen (secondary N) is 1. The van der Waals surface area contributed by atoms with E-state index in [0.717, 1.165) is 78.7 Å². The number of aromatic nitrogens is 1. The fourth-order valence-electron chi connectivity index (χ4n) is 3.31. The van der Waals surface area contributed by atoms with E-state index >= 15 is 0 Å². The molecule has 0 spiro atoms. The van der Waals surface area contributed by atoms with Gasteiger partial charge in [-0.25, -0.2) is 0 Å². The predicted octanol–water partition coefficient (Wildman–Crippen LogP) is 5.89. The molecule has 3 heteroatoms. The van der Waals surface area contributed by atoms with Crippen LogP contribution in [0.2, 0.25) is 0 Å². The Balaban J connectivity index is 2.41. The number of rotatable bonds is 9. The highest BCUT2D eigenvalue weighted by Crippen LogP contribution is 2.22. The molecular formula is C23H32N2O. The number of hydrogen-bond donors (Lipinski definition) is 1. The smallest absolute Gasteiger partial charge is 0.257 e. The first kappa shape index (κ1) is 20.2. The molecule has 0 atom stereocenters. The Kier molecular flexibility index (Phi) is 7.83. The molecule has 0 aliphatic rings. The Morgan fingerprint density at radius 2 is 1.69 bits per heavy atom. The van der Waals surface area contributed by atoms with Gasteiger partial charge < -0.3 is 5.32 Å². The molecule has 1 aromatic heterocycles. The standard InChI is InChI=1S/C23H32N2O/c1-5-8-12-19-16-17(4)24-21(14-9-6-2)22(19)23(26)25-20-15-11-10-13-18(20)7-3/h10-11,13,15-16H,5-9,12,14H2,1-4H3,(H,25,26). The molecule has 0 saturated heterocycles. The van der Waals surface area contributed by atoms with Gasteiger partial charge in [0.1, 0.15) is 0 Å². The van der Waals surface area contributed by atoms with Gasteiger partial charge in [0, 0.05) is 11.4 Å². The predicted molar refractivity (Wildman–Crippen MR) is 110 cm³/mol. The topological polar surface area (TPSA) is 42.0 Å². The van der Waals surface area contributed by atoms with Crippen molar-refractivity contribution in [3.63, 3.8) is 0 Å². The second-order valence-corrected chi connectivity index (χ2v) is 6.92. The van der Waals surface area contributed by atoms with E-state index in [4.69, 9.17) is 4.98 Å². The molecule has 0 saturated carbocycles. The lowest BCUT2D eigenvalue weighted by molar-refractivity contribution is 0.102. The number of aryl methyl sites for hydroxylation is 4. The number of anilines is 1. The van der Waals surface area contributed by atoms with Crippen LogP contribution in [-0.2, 0) is 19.3 Å². The molecule has 0 bridgehead atoms. The van der Waals surface area contributed by atoms with Gasteiger partial charge in [0.2, 0.25) is 0 Å². The Morgan fingerprint density at radius 1 is 1.00 bits per heavy atom. The van der Waals surface area contributed by atoms with Gasteiger partial charge in [0.25, 0.3) is 5.91 Å². The van der Waals surface area contributed by atoms with E-state index in [9.17, 15) is 4.79 Å². The highest BCUT2D eigenvalue weighted by molar-refractivity contribution is 6.06. The Bertz CT molecular complexity index is 708. The van der Waals surface area contributed by atoms with E-state index in [2.05, 4.69) is 38.2 Å². The molecule has 1 amide bonds. The van der Waals surface area contributed by atoms with Gasteiger partial charge in [-0.2, -0.15) is 0 Å². The number of carbonyl (C=O) groups excluding carboxylic acids is 1. The zero-order valence-electron chi connectivity index (χ0n) is 16.7. The maximum Gasteiger partial charge on any atom is 0.257 e. The van der Waals surface area contributed by atoms with Crippen LogP contribution >= 0.6 is 0 Å². The van der Waals surface area contributed by atoms with Crippen LogP contribution in [0.15, 0.2) is 30.3 Å². The molecule has 140 valence electrons. The highest BCUT2D eigenvalue weighted by Gasteiger charge is 2.19. The fourth-order valence-corrected chi connectivity index (χ4v) is 3.31. The van der Waals surface area contributed by atoms with E-state index in [0.29, 0.717) is 0 Å². The van der Waals surface area contributed by atoms with Crippen LogP contribution in [0, 0.1) is 6.92 Å². The minimum absolute atomic E-state index is 0.0180. The van der Waals surface area contributed by atoms with Gasteiger partial charge in [-0.15, -0.1) is 0 Å². The molecule has 26 heavy (non-hydrogen) atoms. The molecule has 0 unspecified atom stereocenters. The summed E-state index contributed by atoms with van der Waals surface area (Å²) in [6, 6.07) is 10.1. The van der Waals surface area contributed by atoms with Crippen molar-refractivity contribution in [1.82, 2.24) is 4.98 Å². The minimum atomic E-state index is -0.0180. The third-order valence-corrected chi connectivity index (χ3v) is 4.74. The number of para-hydroxylation sites is 1. The SMILES string of the molecule is CCCCc1cc(C)nc(CCCC)c1C(=O)Nc1ccccc1CC. The molecule has 2 rings (SSSR count). The van der Waals surface area contributed by atoms with Crippen molar-refractivity contribution in [3.8, 4) is 0 Å². The number of unbranched alkanes of at least 4 members (excludes halogenated alkanes) is 2. The van der Waals surface area contributed by atoms with E-state index < -0.39 is 0 Å². The molecule has 0 radical (unpaired) electrons. The molecule has 3 nitrogen and oxygen atoms in total. The zero-order valence-corrected chi connectivity index (χ0v) is 16.7. The molecule has 1 N–H and O–H groups in total. The van der Waals surface area contributed by atoms with Crippen LogP contribution in [0.1, 0.15) is 79.3 Å². The van der Waals surface area contributed by atoms with Crippen LogP contribution in [0.3, 0.4) is 0 Å². The Hall–Kier alpha value is -2.16. The quantitative estimate of drug-likeness (QED) is 0.611. The van der Waals surface area contributed by atoms with Crippen molar-refractivity contribution in [3.05, 3.63) is 58.4 Å². The van der Waals surface area contributed by atoms with Gasteiger partial charge in [-0.1, -0.05) is 51.8 Å². The van der Waals surface area contributed by atoms with Crippen LogP contribution < -0.4 is 5.32 Å². The summed E-state index contributed by atoms with van der Waals surface area (Å²) in [6.45, 7) is 8.49. The fraction of sp³-hybridized carbons (Fsp3) is 0.478. The summed E-state index contributed by atoms with van der Waals surface area (Å²) < 4.78 is 0. The molecular weight excluding hydrogens is 320 g/mol. The summed E-state index contributed by atoms with van der Waals surface area (Å²) in [7, 11) is 0. The summed E-state index contributed by atoms with van der Waals surface area (Å²) in [5.74, 6) is -0.0180. The molecule has 1 aromatic carbocycles. The number of hydrogen-bond acceptors (Lipinski definition) is 2. The van der Waals surface area contributed by atoms with Crippen molar-refractivity contribution in [2.75, 3.05) is 5.32 Å². The van der Waals surface area contributed by atoms with Gasteiger partial charge in [-0.3, -0.25) is 9.78 Å². The van der Waals surface area contributed by atoms with E-state index in [1.54, 1.807) is 0 Å². The molecule has 0 aliphatic carbocycles. The maximum absolute atomic E-state index is 13.2. The molecule has 0 aliphatic heterocycles. The van der Waals surface area contributed by atoms with Crippen molar-refractivity contribution in [2.24, 2.45) is 0 Å². The summed E-state index contributed by atoms with van der Waals surface area (Å²) in [6.07, 6.45) is 7.03. The van der Waals surface area contributed by atoms with Crippen molar-refractivity contribution in [1.29, 1.82) is 0 Å². The van der Waals surface area contributed by atoms with Gasteiger partial charge in [-0.05, 0) is 62.3 Å². The van der Waals surface area contributed by atoms with Crippen molar-refractivity contribution >= 4 is 11.6 Å². The molecule has 1 heterocycles. The van der Waals surface area contributed by atoms with Crippen molar-refractivity contribution < 1.29 is 4.79 Å². The van der Waals surface area contributed by atoms with Gasteiger partial charge in [0.15, 0.2) is 0 Å². The van der Waals surface area contributed by atoms with Crippen LogP contribution in [-0.4, -0.2) is 10.9 Å². The number of benzene rings is 1. The normalized spacial score (nSPS) is 10.8. The van der Waals surface area contributed by atoms with Gasteiger partial charge in [0.05, 0.1) is 11.3 Å². The third kappa shape index (κ3) is 5.17.